The normalized spacial score (nSPS) is 11.0. The van der Waals surface area contributed by atoms with Crippen molar-refractivity contribution in [2.24, 2.45) is 0 Å². The second-order valence-corrected chi connectivity index (χ2v) is 7.12. The Bertz CT molecular complexity index is 1420. The minimum Gasteiger partial charge on any atom is -0.484 e. The summed E-state index contributed by atoms with van der Waals surface area (Å²) in [6, 6.07) is 22.4. The van der Waals surface area contributed by atoms with Crippen LogP contribution in [0.4, 0.5) is 0 Å². The average Bonchev–Trinajstić information content (AvgIpc) is 3.27. The zero-order chi connectivity index (χ0) is 21.2. The predicted octanol–water partition coefficient (Wildman–Crippen LogP) is 5.40. The van der Waals surface area contributed by atoms with E-state index in [0.29, 0.717) is 34.0 Å². The SMILES string of the molecule is Cc1ccccc1-c1noc(COc2ccc3c(=O)c(-c4ccccc4)coc3c2)n1. The fourth-order valence-corrected chi connectivity index (χ4v) is 3.41. The zero-order valence-corrected chi connectivity index (χ0v) is 16.7. The molecule has 6 heteroatoms. The monoisotopic (exact) mass is 410 g/mol. The Morgan fingerprint density at radius 2 is 1.74 bits per heavy atom. The predicted molar refractivity (Wildman–Crippen MR) is 117 cm³/mol. The molecule has 0 aliphatic heterocycles. The Hall–Kier alpha value is -4.19. The fourth-order valence-electron chi connectivity index (χ4n) is 3.41. The van der Waals surface area contributed by atoms with Gasteiger partial charge in [-0.15, -0.1) is 0 Å². The molecular formula is C25H18N2O4. The van der Waals surface area contributed by atoms with Gasteiger partial charge in [0, 0.05) is 11.6 Å². The number of aromatic nitrogens is 2. The number of ether oxygens (including phenoxy) is 1. The molecule has 0 bridgehead atoms. The van der Waals surface area contributed by atoms with Gasteiger partial charge in [0.2, 0.25) is 5.82 Å². The number of hydrogen-bond acceptors (Lipinski definition) is 6. The lowest BCUT2D eigenvalue weighted by Gasteiger charge is -2.06. The maximum absolute atomic E-state index is 12.9. The lowest BCUT2D eigenvalue weighted by molar-refractivity contribution is 0.243. The molecule has 0 saturated carbocycles. The van der Waals surface area contributed by atoms with Crippen LogP contribution in [-0.4, -0.2) is 10.1 Å². The molecule has 0 saturated heterocycles. The van der Waals surface area contributed by atoms with E-state index in [1.165, 1.54) is 6.26 Å². The smallest absolute Gasteiger partial charge is 0.264 e. The van der Waals surface area contributed by atoms with Crippen LogP contribution in [-0.2, 0) is 6.61 Å². The Balaban J connectivity index is 1.36. The van der Waals surface area contributed by atoms with E-state index in [9.17, 15) is 4.79 Å². The third-order valence-corrected chi connectivity index (χ3v) is 5.05. The molecule has 0 radical (unpaired) electrons. The van der Waals surface area contributed by atoms with Gasteiger partial charge in [-0.3, -0.25) is 4.79 Å². The van der Waals surface area contributed by atoms with Gasteiger partial charge >= 0.3 is 0 Å². The van der Waals surface area contributed by atoms with Crippen LogP contribution in [0.5, 0.6) is 5.75 Å². The van der Waals surface area contributed by atoms with Gasteiger partial charge in [0.25, 0.3) is 5.89 Å². The van der Waals surface area contributed by atoms with Crippen molar-refractivity contribution in [2.75, 3.05) is 0 Å². The molecule has 0 aliphatic rings. The van der Waals surface area contributed by atoms with E-state index in [4.69, 9.17) is 13.7 Å². The molecule has 5 aromatic rings. The highest BCUT2D eigenvalue weighted by Crippen LogP contribution is 2.24. The first kappa shape index (κ1) is 18.8. The van der Waals surface area contributed by atoms with E-state index in [0.717, 1.165) is 16.7 Å². The third-order valence-electron chi connectivity index (χ3n) is 5.05. The van der Waals surface area contributed by atoms with E-state index in [1.807, 2.05) is 61.5 Å². The Morgan fingerprint density at radius 3 is 2.58 bits per heavy atom. The summed E-state index contributed by atoms with van der Waals surface area (Å²) in [6.07, 6.45) is 1.48. The van der Waals surface area contributed by atoms with Gasteiger partial charge in [0.1, 0.15) is 17.6 Å². The number of rotatable bonds is 5. The van der Waals surface area contributed by atoms with E-state index >= 15 is 0 Å². The summed E-state index contributed by atoms with van der Waals surface area (Å²) in [6.45, 7) is 2.10. The Morgan fingerprint density at radius 1 is 0.935 bits per heavy atom. The van der Waals surface area contributed by atoms with Crippen molar-refractivity contribution in [2.45, 2.75) is 13.5 Å². The van der Waals surface area contributed by atoms with Crippen LogP contribution in [0, 0.1) is 6.92 Å². The summed E-state index contributed by atoms with van der Waals surface area (Å²) in [5.74, 6) is 1.42. The molecule has 6 nitrogen and oxygen atoms in total. The number of hydrogen-bond donors (Lipinski definition) is 0. The van der Waals surface area contributed by atoms with E-state index in [1.54, 1.807) is 18.2 Å². The van der Waals surface area contributed by atoms with E-state index < -0.39 is 0 Å². The van der Waals surface area contributed by atoms with Crippen LogP contribution < -0.4 is 10.2 Å². The fraction of sp³-hybridized carbons (Fsp3) is 0.0800. The molecular weight excluding hydrogens is 392 g/mol. The molecule has 3 aromatic carbocycles. The maximum Gasteiger partial charge on any atom is 0.264 e. The largest absolute Gasteiger partial charge is 0.484 e. The summed E-state index contributed by atoms with van der Waals surface area (Å²) in [7, 11) is 0. The molecule has 0 N–H and O–H groups in total. The summed E-state index contributed by atoms with van der Waals surface area (Å²) in [5.41, 5.74) is 3.69. The highest BCUT2D eigenvalue weighted by Gasteiger charge is 2.13. The van der Waals surface area contributed by atoms with E-state index in [-0.39, 0.29) is 12.0 Å². The van der Waals surface area contributed by atoms with Crippen LogP contribution >= 0.6 is 0 Å². The standard InChI is InChI=1S/C25H18N2O4/c1-16-7-5-6-10-19(16)25-26-23(31-27-25)15-29-18-11-12-20-22(13-18)30-14-21(24(20)28)17-8-3-2-4-9-17/h2-14H,15H2,1H3. The van der Waals surface area contributed by atoms with Crippen LogP contribution in [0.3, 0.4) is 0 Å². The molecule has 5 rings (SSSR count). The number of nitrogens with zero attached hydrogens (tertiary/aromatic N) is 2. The number of benzene rings is 3. The van der Waals surface area contributed by atoms with Gasteiger partial charge in [-0.1, -0.05) is 59.8 Å². The van der Waals surface area contributed by atoms with Gasteiger partial charge in [-0.2, -0.15) is 4.98 Å². The summed E-state index contributed by atoms with van der Waals surface area (Å²) in [4.78, 5) is 17.3. The van der Waals surface area contributed by atoms with Crippen LogP contribution in [0.15, 0.2) is 92.8 Å². The zero-order valence-electron chi connectivity index (χ0n) is 16.7. The van der Waals surface area contributed by atoms with Crippen LogP contribution in [0.2, 0.25) is 0 Å². The van der Waals surface area contributed by atoms with Crippen molar-refractivity contribution in [1.82, 2.24) is 10.1 Å². The highest BCUT2D eigenvalue weighted by molar-refractivity contribution is 5.82. The molecule has 2 aromatic heterocycles. The Kier molecular flexibility index (Phi) is 4.80. The lowest BCUT2D eigenvalue weighted by atomic mass is 10.1. The Labute approximate surface area is 177 Å². The van der Waals surface area contributed by atoms with Crippen molar-refractivity contribution in [3.05, 3.63) is 101 Å². The topological polar surface area (TPSA) is 78.4 Å². The minimum atomic E-state index is -0.0845. The molecule has 2 heterocycles. The summed E-state index contributed by atoms with van der Waals surface area (Å²) >= 11 is 0. The minimum absolute atomic E-state index is 0.0845. The number of fused-ring (bicyclic) bond motifs is 1. The highest BCUT2D eigenvalue weighted by atomic mass is 16.5. The molecule has 31 heavy (non-hydrogen) atoms. The van der Waals surface area contributed by atoms with Crippen LogP contribution in [0.25, 0.3) is 33.5 Å². The van der Waals surface area contributed by atoms with Gasteiger partial charge < -0.3 is 13.7 Å². The van der Waals surface area contributed by atoms with Gasteiger partial charge in [-0.05, 0) is 30.2 Å². The second kappa shape index (κ2) is 7.91. The lowest BCUT2D eigenvalue weighted by Crippen LogP contribution is -2.05. The molecule has 152 valence electrons. The molecule has 0 spiro atoms. The second-order valence-electron chi connectivity index (χ2n) is 7.12. The molecule has 0 unspecified atom stereocenters. The van der Waals surface area contributed by atoms with Crippen molar-refractivity contribution in [3.63, 3.8) is 0 Å². The first-order valence-electron chi connectivity index (χ1n) is 9.81. The molecule has 0 amide bonds. The first-order chi connectivity index (χ1) is 15.2. The third kappa shape index (κ3) is 3.71. The first-order valence-corrected chi connectivity index (χ1v) is 9.81. The summed E-state index contributed by atoms with van der Waals surface area (Å²) in [5, 5.41) is 4.53. The van der Waals surface area contributed by atoms with Gasteiger partial charge in [-0.25, -0.2) is 0 Å². The molecule has 0 fully saturated rings. The van der Waals surface area contributed by atoms with Crippen LogP contribution in [0.1, 0.15) is 11.5 Å². The molecule has 0 atom stereocenters. The molecule has 0 aliphatic carbocycles. The van der Waals surface area contributed by atoms with Gasteiger partial charge in [0.15, 0.2) is 12.0 Å². The summed E-state index contributed by atoms with van der Waals surface area (Å²) < 4.78 is 16.8. The van der Waals surface area contributed by atoms with Gasteiger partial charge in [0.05, 0.1) is 10.9 Å². The van der Waals surface area contributed by atoms with Crippen molar-refractivity contribution < 1.29 is 13.7 Å². The maximum atomic E-state index is 12.9. The van der Waals surface area contributed by atoms with E-state index in [2.05, 4.69) is 10.1 Å². The average molecular weight is 410 g/mol. The van der Waals surface area contributed by atoms with Crippen molar-refractivity contribution in [3.8, 4) is 28.3 Å². The van der Waals surface area contributed by atoms with Crippen molar-refractivity contribution >= 4 is 11.0 Å². The quantitative estimate of drug-likeness (QED) is 0.386. The van der Waals surface area contributed by atoms with Crippen molar-refractivity contribution in [1.29, 1.82) is 0 Å². The number of aryl methyl sites for hydroxylation is 1.